The Morgan fingerprint density at radius 3 is 2.84 bits per heavy atom. The Bertz CT molecular complexity index is 1390. The van der Waals surface area contributed by atoms with Gasteiger partial charge < -0.3 is 14.8 Å². The molecule has 0 spiro atoms. The number of anilines is 1. The molecular weight excluding hydrogens is 468 g/mol. The molecule has 4 heterocycles. The minimum Gasteiger partial charge on any atom is -0.411 e. The Hall–Kier alpha value is -3.82. The average molecular weight is 501 g/mol. The van der Waals surface area contributed by atoms with Crippen LogP contribution in [0.4, 0.5) is 5.82 Å². The summed E-state index contributed by atoms with van der Waals surface area (Å²) >= 11 is 0. The lowest BCUT2D eigenvalue weighted by molar-refractivity contribution is 0.0808. The van der Waals surface area contributed by atoms with Crippen LogP contribution in [0.2, 0.25) is 0 Å². The van der Waals surface area contributed by atoms with Gasteiger partial charge in [-0.05, 0) is 61.7 Å². The molecule has 0 saturated carbocycles. The van der Waals surface area contributed by atoms with Crippen molar-refractivity contribution in [2.45, 2.75) is 38.9 Å². The van der Waals surface area contributed by atoms with Crippen LogP contribution in [0, 0.1) is 6.92 Å². The summed E-state index contributed by atoms with van der Waals surface area (Å²) in [6.07, 6.45) is 7.33. The summed E-state index contributed by atoms with van der Waals surface area (Å²) in [5.41, 5.74) is 3.46. The van der Waals surface area contributed by atoms with Gasteiger partial charge in [-0.25, -0.2) is 0 Å². The maximum Gasteiger partial charge on any atom is 0.194 e. The van der Waals surface area contributed by atoms with E-state index < -0.39 is 0 Å². The van der Waals surface area contributed by atoms with Gasteiger partial charge in [-0.3, -0.25) is 14.7 Å². The molecule has 0 amide bonds. The van der Waals surface area contributed by atoms with Crippen molar-refractivity contribution >= 4 is 16.7 Å². The van der Waals surface area contributed by atoms with Gasteiger partial charge in [0.25, 0.3) is 0 Å². The molecule has 3 aromatic heterocycles. The number of aliphatic hydroxyl groups is 1. The lowest BCUT2D eigenvalue weighted by Gasteiger charge is -2.40. The molecule has 9 heteroatoms. The minimum absolute atomic E-state index is 0.00283. The molecule has 37 heavy (non-hydrogen) atoms. The second-order valence-electron chi connectivity index (χ2n) is 9.42. The number of nitrogens with zero attached hydrogens (tertiary/aromatic N) is 6. The number of piperidine rings is 1. The zero-order valence-corrected chi connectivity index (χ0v) is 21.0. The maximum absolute atomic E-state index is 13.6. The van der Waals surface area contributed by atoms with Gasteiger partial charge in [-0.2, -0.15) is 9.83 Å². The monoisotopic (exact) mass is 500 g/mol. The molecule has 1 aliphatic rings. The molecule has 0 radical (unpaired) electrons. The number of hydrogen-bond acceptors (Lipinski definition) is 8. The molecule has 1 atom stereocenters. The number of aromatic nitrogens is 4. The summed E-state index contributed by atoms with van der Waals surface area (Å²) in [5.74, 6) is 0.873. The smallest absolute Gasteiger partial charge is 0.194 e. The zero-order valence-electron chi connectivity index (χ0n) is 21.0. The predicted molar refractivity (Wildman–Crippen MR) is 142 cm³/mol. The van der Waals surface area contributed by atoms with Crippen molar-refractivity contribution in [2.24, 2.45) is 0 Å². The third-order valence-electron chi connectivity index (χ3n) is 6.79. The van der Waals surface area contributed by atoms with Gasteiger partial charge in [0.05, 0.1) is 18.3 Å². The highest BCUT2D eigenvalue weighted by Crippen LogP contribution is 2.24. The SMILES string of the molecule is Cc1cc(CN(Cc2cn(OCCO)c3ccccc3c2=O)[C@H]2CCCN(c3cccnn3)C2)ccn1. The molecule has 1 saturated heterocycles. The first kappa shape index (κ1) is 24.9. The Kier molecular flexibility index (Phi) is 7.72. The van der Waals surface area contributed by atoms with Gasteiger partial charge in [-0.1, -0.05) is 12.1 Å². The van der Waals surface area contributed by atoms with Crippen LogP contribution in [0.25, 0.3) is 10.9 Å². The number of fused-ring (bicyclic) bond motifs is 1. The fourth-order valence-corrected chi connectivity index (χ4v) is 5.05. The fourth-order valence-electron chi connectivity index (χ4n) is 5.05. The molecule has 0 unspecified atom stereocenters. The molecule has 1 fully saturated rings. The van der Waals surface area contributed by atoms with Crippen molar-refractivity contribution in [1.29, 1.82) is 0 Å². The molecule has 4 aromatic rings. The van der Waals surface area contributed by atoms with E-state index in [2.05, 4.69) is 31.0 Å². The van der Waals surface area contributed by atoms with Gasteiger partial charge in [0.1, 0.15) is 6.61 Å². The van der Waals surface area contributed by atoms with E-state index >= 15 is 0 Å². The van der Waals surface area contributed by atoms with Crippen LogP contribution in [0.3, 0.4) is 0 Å². The number of benzene rings is 1. The first-order chi connectivity index (χ1) is 18.1. The topological polar surface area (TPSA) is 96.6 Å². The van der Waals surface area contributed by atoms with Crippen molar-refractivity contribution in [3.8, 4) is 0 Å². The maximum atomic E-state index is 13.6. The van der Waals surface area contributed by atoms with Crippen LogP contribution >= 0.6 is 0 Å². The van der Waals surface area contributed by atoms with E-state index in [-0.39, 0.29) is 24.7 Å². The van der Waals surface area contributed by atoms with E-state index in [1.165, 1.54) is 0 Å². The predicted octanol–water partition coefficient (Wildman–Crippen LogP) is 2.59. The first-order valence-corrected chi connectivity index (χ1v) is 12.7. The summed E-state index contributed by atoms with van der Waals surface area (Å²) in [6, 6.07) is 15.7. The number of hydrogen-bond donors (Lipinski definition) is 1. The second kappa shape index (κ2) is 11.5. The Balaban J connectivity index is 1.49. The van der Waals surface area contributed by atoms with Crippen LogP contribution in [0.5, 0.6) is 0 Å². The first-order valence-electron chi connectivity index (χ1n) is 12.7. The standard InChI is InChI=1S/C28H32N6O3/c1-21-16-22(10-12-29-21)17-33(24-6-5-13-32(20-24)27-9-4-11-30-31-27)18-23-19-34(37-15-14-35)26-8-3-2-7-25(26)28(23)36/h2-4,7-12,16,19,24,35H,5-6,13-15,17-18,20H2,1H3/t24-/m0/s1. The van der Waals surface area contributed by atoms with Crippen LogP contribution in [-0.4, -0.2) is 62.3 Å². The van der Waals surface area contributed by atoms with E-state index in [1.807, 2.05) is 55.6 Å². The molecule has 1 N–H and O–H groups in total. The van der Waals surface area contributed by atoms with Crippen molar-refractivity contribution < 1.29 is 9.94 Å². The van der Waals surface area contributed by atoms with Crippen molar-refractivity contribution in [2.75, 3.05) is 31.2 Å². The average Bonchev–Trinajstić information content (AvgIpc) is 2.94. The highest BCUT2D eigenvalue weighted by Gasteiger charge is 2.27. The summed E-state index contributed by atoms with van der Waals surface area (Å²) in [7, 11) is 0. The fraction of sp³-hybridized carbons (Fsp3) is 0.357. The number of aryl methyl sites for hydroxylation is 1. The number of rotatable bonds is 9. The molecule has 0 bridgehead atoms. The number of pyridine rings is 2. The Morgan fingerprint density at radius 2 is 2.03 bits per heavy atom. The van der Waals surface area contributed by atoms with E-state index in [9.17, 15) is 9.90 Å². The summed E-state index contributed by atoms with van der Waals surface area (Å²) in [6.45, 7) is 4.90. The van der Waals surface area contributed by atoms with Gasteiger partial charge in [0.15, 0.2) is 11.2 Å². The molecule has 9 nitrogen and oxygen atoms in total. The highest BCUT2D eigenvalue weighted by atomic mass is 16.7. The largest absolute Gasteiger partial charge is 0.411 e. The minimum atomic E-state index is -0.108. The summed E-state index contributed by atoms with van der Waals surface area (Å²) in [4.78, 5) is 28.4. The molecule has 1 aliphatic heterocycles. The molecule has 0 aliphatic carbocycles. The highest BCUT2D eigenvalue weighted by molar-refractivity contribution is 5.79. The van der Waals surface area contributed by atoms with Crippen molar-refractivity contribution in [1.82, 2.24) is 24.8 Å². The lowest BCUT2D eigenvalue weighted by Crippen LogP contribution is -2.48. The quantitative estimate of drug-likeness (QED) is 0.375. The summed E-state index contributed by atoms with van der Waals surface area (Å²) in [5, 5.41) is 18.3. The third-order valence-corrected chi connectivity index (χ3v) is 6.79. The molecule has 192 valence electrons. The van der Waals surface area contributed by atoms with Crippen LogP contribution in [-0.2, 0) is 13.1 Å². The van der Waals surface area contributed by atoms with E-state index in [4.69, 9.17) is 4.84 Å². The summed E-state index contributed by atoms with van der Waals surface area (Å²) < 4.78 is 1.61. The normalized spacial score (nSPS) is 15.9. The Morgan fingerprint density at radius 1 is 1.14 bits per heavy atom. The van der Waals surface area contributed by atoms with Gasteiger partial charge in [-0.15, -0.1) is 5.10 Å². The van der Waals surface area contributed by atoms with Crippen molar-refractivity contribution in [3.63, 3.8) is 0 Å². The van der Waals surface area contributed by atoms with Gasteiger partial charge in [0.2, 0.25) is 0 Å². The molecule has 1 aromatic carbocycles. The lowest BCUT2D eigenvalue weighted by atomic mass is 10.0. The van der Waals surface area contributed by atoms with Crippen molar-refractivity contribution in [3.05, 3.63) is 94.2 Å². The van der Waals surface area contributed by atoms with Crippen LogP contribution < -0.4 is 15.2 Å². The van der Waals surface area contributed by atoms with E-state index in [0.717, 1.165) is 43.0 Å². The zero-order chi connectivity index (χ0) is 25.6. The van der Waals surface area contributed by atoms with Crippen LogP contribution in [0.15, 0.2) is 71.9 Å². The molecule has 5 rings (SSSR count). The van der Waals surface area contributed by atoms with Gasteiger partial charge in [0, 0.05) is 61.3 Å². The Labute approximate surface area is 215 Å². The van der Waals surface area contributed by atoms with Gasteiger partial charge >= 0.3 is 0 Å². The van der Waals surface area contributed by atoms with Crippen LogP contribution in [0.1, 0.15) is 29.7 Å². The van der Waals surface area contributed by atoms with E-state index in [1.54, 1.807) is 17.1 Å². The third kappa shape index (κ3) is 5.79. The molecular formula is C28H32N6O3. The number of aliphatic hydroxyl groups excluding tert-OH is 1. The number of para-hydroxylation sites is 1. The second-order valence-corrected chi connectivity index (χ2v) is 9.42. The van der Waals surface area contributed by atoms with E-state index in [0.29, 0.717) is 29.6 Å².